The number of hydrogen-bond donors (Lipinski definition) is 0. The Morgan fingerprint density at radius 2 is 1.82 bits per heavy atom. The van der Waals surface area contributed by atoms with Crippen molar-refractivity contribution in [2.24, 2.45) is 0 Å². The molecule has 0 spiro atoms. The van der Waals surface area contributed by atoms with Gasteiger partial charge in [-0.05, 0) is 12.5 Å². The van der Waals surface area contributed by atoms with Gasteiger partial charge in [0.25, 0.3) is 0 Å². The van der Waals surface area contributed by atoms with Crippen molar-refractivity contribution in [2.75, 3.05) is 40.5 Å². The summed E-state index contributed by atoms with van der Waals surface area (Å²) in [6.07, 6.45) is 0.655. The summed E-state index contributed by atoms with van der Waals surface area (Å²) in [6, 6.07) is 0. The number of aliphatic carboxylic acids is 1. The molecule has 5 nitrogen and oxygen atoms in total. The molecule has 0 fully saturated rings. The number of rotatable bonds is 6. The quantitative estimate of drug-likeness (QED) is 0.399. The number of carboxylic acids is 1. The maximum Gasteiger partial charge on any atom is 0.191 e. The van der Waals surface area contributed by atoms with Crippen molar-refractivity contribution in [1.29, 1.82) is 0 Å². The SMILES string of the molecule is C=C(C)C(=O)[O-].CC[PH](=O)OCC[N+](C)(C)C. The second-order valence-corrected chi connectivity index (χ2v) is 6.40. The molecule has 0 heterocycles. The second kappa shape index (κ2) is 9.40. The standard InChI is InChI=1S/C7H19NO2P.C4H6O2/c1-5-11(9)10-7-6-8(2,3)4;1-3(2)4(5)6/h11H,5-7H2,1-4H3;1H2,2H3,(H,5,6)/q+1;/p-1. The number of carboxylic acid groups (broad SMARTS) is 1. The summed E-state index contributed by atoms with van der Waals surface area (Å²) in [4.78, 5) is 9.49. The fraction of sp³-hybridized carbons (Fsp3) is 0.727. The molecule has 0 rings (SSSR count). The number of hydrogen-bond acceptors (Lipinski definition) is 4. The Morgan fingerprint density at radius 1 is 1.41 bits per heavy atom. The van der Waals surface area contributed by atoms with E-state index in [-0.39, 0.29) is 5.57 Å². The Balaban J connectivity index is 0. The summed E-state index contributed by atoms with van der Waals surface area (Å²) in [6.45, 7) is 7.88. The first kappa shape index (κ1) is 18.7. The maximum absolute atomic E-state index is 10.9. The summed E-state index contributed by atoms with van der Waals surface area (Å²) in [5.74, 6) is -1.19. The molecule has 0 amide bonds. The van der Waals surface area contributed by atoms with E-state index in [9.17, 15) is 14.5 Å². The van der Waals surface area contributed by atoms with Crippen LogP contribution in [0.15, 0.2) is 12.2 Å². The number of carbonyl (C=O) groups excluding carboxylic acids is 1. The van der Waals surface area contributed by atoms with Gasteiger partial charge in [-0.1, -0.05) is 13.5 Å². The third kappa shape index (κ3) is 17.9. The van der Waals surface area contributed by atoms with Gasteiger partial charge < -0.3 is 18.9 Å². The van der Waals surface area contributed by atoms with Crippen LogP contribution in [0.5, 0.6) is 0 Å². The Morgan fingerprint density at radius 3 is 2.06 bits per heavy atom. The zero-order chi connectivity index (χ0) is 14.1. The molecule has 0 aromatic rings. The van der Waals surface area contributed by atoms with Crippen molar-refractivity contribution in [1.82, 2.24) is 0 Å². The molecule has 0 aliphatic rings. The minimum absolute atomic E-state index is 0.0648. The van der Waals surface area contributed by atoms with Crippen LogP contribution < -0.4 is 5.11 Å². The van der Waals surface area contributed by atoms with Gasteiger partial charge in [-0.25, -0.2) is 0 Å². The van der Waals surface area contributed by atoms with Crippen molar-refractivity contribution in [3.05, 3.63) is 12.2 Å². The molecule has 0 saturated carbocycles. The molecule has 0 N–H and O–H groups in total. The molecular weight excluding hydrogens is 241 g/mol. The van der Waals surface area contributed by atoms with Gasteiger partial charge in [-0.3, -0.25) is 4.57 Å². The highest BCUT2D eigenvalue weighted by molar-refractivity contribution is 7.39. The van der Waals surface area contributed by atoms with Gasteiger partial charge >= 0.3 is 0 Å². The zero-order valence-corrected chi connectivity index (χ0v) is 12.4. The first-order valence-corrected chi connectivity index (χ1v) is 6.95. The highest BCUT2D eigenvalue weighted by Crippen LogP contribution is 2.20. The molecule has 17 heavy (non-hydrogen) atoms. The van der Waals surface area contributed by atoms with Crippen molar-refractivity contribution in [3.8, 4) is 0 Å². The lowest BCUT2D eigenvalue weighted by Crippen LogP contribution is -2.37. The van der Waals surface area contributed by atoms with Crippen LogP contribution in [-0.4, -0.2) is 50.9 Å². The van der Waals surface area contributed by atoms with Crippen LogP contribution in [0.4, 0.5) is 0 Å². The Labute approximate surface area is 105 Å². The molecule has 102 valence electrons. The monoisotopic (exact) mass is 265 g/mol. The van der Waals surface area contributed by atoms with Crippen LogP contribution in [0.2, 0.25) is 0 Å². The molecule has 0 aliphatic heterocycles. The Kier molecular flexibility index (Phi) is 10.3. The Bertz CT molecular complexity index is 259. The van der Waals surface area contributed by atoms with E-state index in [1.165, 1.54) is 6.92 Å². The predicted molar refractivity (Wildman–Crippen MR) is 68.2 cm³/mol. The summed E-state index contributed by atoms with van der Waals surface area (Å²) in [5, 5.41) is 9.49. The van der Waals surface area contributed by atoms with Gasteiger partial charge in [0.2, 0.25) is 0 Å². The molecule has 0 aliphatic carbocycles. The highest BCUT2D eigenvalue weighted by Gasteiger charge is 2.06. The van der Waals surface area contributed by atoms with Crippen molar-refractivity contribution >= 4 is 14.0 Å². The van der Waals surface area contributed by atoms with E-state index in [4.69, 9.17) is 4.52 Å². The second-order valence-electron chi connectivity index (χ2n) is 4.66. The molecule has 0 aromatic carbocycles. The van der Waals surface area contributed by atoms with Crippen molar-refractivity contribution in [2.45, 2.75) is 13.8 Å². The zero-order valence-electron chi connectivity index (χ0n) is 11.4. The fourth-order valence-corrected chi connectivity index (χ4v) is 1.06. The lowest BCUT2D eigenvalue weighted by atomic mass is 10.4. The molecule has 1 atom stereocenters. The number of likely N-dealkylation sites (N-methyl/N-ethyl adjacent to an activating group) is 1. The lowest BCUT2D eigenvalue weighted by Gasteiger charge is -2.23. The molecule has 1 unspecified atom stereocenters. The fourth-order valence-electron chi connectivity index (χ4n) is 0.535. The van der Waals surface area contributed by atoms with Gasteiger partial charge in [0.05, 0.1) is 27.1 Å². The third-order valence-corrected chi connectivity index (χ3v) is 2.77. The van der Waals surface area contributed by atoms with E-state index in [1.807, 2.05) is 6.92 Å². The van der Waals surface area contributed by atoms with E-state index >= 15 is 0 Å². The van der Waals surface area contributed by atoms with E-state index in [0.29, 0.717) is 12.8 Å². The van der Waals surface area contributed by atoms with Gasteiger partial charge in [0.15, 0.2) is 8.03 Å². The number of nitrogens with zero attached hydrogens (tertiary/aromatic N) is 1. The van der Waals surface area contributed by atoms with Crippen LogP contribution in [0, 0.1) is 0 Å². The molecular formula is C11H24NO4P. The maximum atomic E-state index is 10.9. The predicted octanol–water partition coefficient (Wildman–Crippen LogP) is 0.516. The number of carbonyl (C=O) groups is 1. The topological polar surface area (TPSA) is 66.4 Å². The molecule has 0 aromatic heterocycles. The average Bonchev–Trinajstić information content (AvgIpc) is 2.16. The van der Waals surface area contributed by atoms with E-state index in [0.717, 1.165) is 11.0 Å². The molecule has 0 bridgehead atoms. The lowest BCUT2D eigenvalue weighted by molar-refractivity contribution is -0.870. The van der Waals surface area contributed by atoms with Crippen LogP contribution in [0.1, 0.15) is 13.8 Å². The van der Waals surface area contributed by atoms with Gasteiger partial charge in [-0.15, -0.1) is 0 Å². The number of quaternary nitrogens is 1. The van der Waals surface area contributed by atoms with Crippen LogP contribution in [0.3, 0.4) is 0 Å². The van der Waals surface area contributed by atoms with E-state index < -0.39 is 14.0 Å². The largest absolute Gasteiger partial charge is 0.545 e. The first-order valence-electron chi connectivity index (χ1n) is 5.43. The normalized spacial score (nSPS) is 12.3. The van der Waals surface area contributed by atoms with Crippen LogP contribution in [-0.2, 0) is 13.9 Å². The third-order valence-electron chi connectivity index (χ3n) is 1.66. The minimum Gasteiger partial charge on any atom is -0.545 e. The van der Waals surface area contributed by atoms with Gasteiger partial charge in [0, 0.05) is 6.16 Å². The van der Waals surface area contributed by atoms with E-state index in [1.54, 1.807) is 0 Å². The van der Waals surface area contributed by atoms with Crippen LogP contribution in [0.25, 0.3) is 0 Å². The summed E-state index contributed by atoms with van der Waals surface area (Å²) < 4.78 is 16.8. The average molecular weight is 265 g/mol. The molecule has 0 saturated heterocycles. The summed E-state index contributed by atoms with van der Waals surface area (Å²) in [5.41, 5.74) is 0.0648. The summed E-state index contributed by atoms with van der Waals surface area (Å²) >= 11 is 0. The van der Waals surface area contributed by atoms with Gasteiger partial charge in [-0.2, -0.15) is 0 Å². The summed E-state index contributed by atoms with van der Waals surface area (Å²) in [7, 11) is 4.56. The van der Waals surface area contributed by atoms with Crippen molar-refractivity contribution in [3.63, 3.8) is 0 Å². The Hall–Kier alpha value is -0.640. The van der Waals surface area contributed by atoms with E-state index in [2.05, 4.69) is 27.7 Å². The molecule has 6 heteroatoms. The first-order chi connectivity index (χ1) is 7.60. The minimum atomic E-state index is -1.71. The van der Waals surface area contributed by atoms with Crippen molar-refractivity contribution < 1.29 is 23.5 Å². The smallest absolute Gasteiger partial charge is 0.191 e. The van der Waals surface area contributed by atoms with Crippen LogP contribution >= 0.6 is 8.03 Å². The molecule has 0 radical (unpaired) electrons. The highest BCUT2D eigenvalue weighted by atomic mass is 31.1. The van der Waals surface area contributed by atoms with Gasteiger partial charge in [0.1, 0.15) is 13.2 Å².